The fraction of sp³-hybridized carbons (Fsp3) is 0.714. The molecule has 2 atom stereocenters. The number of carbonyl (C=O) groups is 1. The van der Waals surface area contributed by atoms with Crippen molar-refractivity contribution in [3.63, 3.8) is 0 Å². The molecule has 1 aromatic rings. The summed E-state index contributed by atoms with van der Waals surface area (Å²) in [6, 6.07) is 0. The number of methoxy groups -OCH3 is 1. The molecule has 3 nitrogen and oxygen atoms in total. The molecule has 2 unspecified atom stereocenters. The molecule has 0 spiro atoms. The van der Waals surface area contributed by atoms with Gasteiger partial charge in [0, 0.05) is 19.4 Å². The first-order chi connectivity index (χ1) is 8.49. The van der Waals surface area contributed by atoms with Gasteiger partial charge in [-0.05, 0) is 18.3 Å². The van der Waals surface area contributed by atoms with Crippen molar-refractivity contribution in [3.05, 3.63) is 16.1 Å². The molecule has 0 aromatic carbocycles. The van der Waals surface area contributed by atoms with E-state index in [9.17, 15) is 4.79 Å². The van der Waals surface area contributed by atoms with Crippen LogP contribution in [-0.2, 0) is 4.74 Å². The van der Waals surface area contributed by atoms with Crippen LogP contribution in [0.15, 0.2) is 5.38 Å². The van der Waals surface area contributed by atoms with Crippen molar-refractivity contribution in [1.29, 1.82) is 0 Å². The molecule has 0 radical (unpaired) electrons. The minimum atomic E-state index is 0.00968. The lowest BCUT2D eigenvalue weighted by Gasteiger charge is -2.23. The molecule has 0 aliphatic carbocycles. The Labute approximate surface area is 114 Å². The number of aromatic nitrogens is 1. The lowest BCUT2D eigenvalue weighted by Crippen LogP contribution is -2.14. The minimum Gasteiger partial charge on any atom is -0.374 e. The lowest BCUT2D eigenvalue weighted by molar-refractivity contribution is 0.0708. The number of carbonyl (C=O) groups excluding carboxylic acids is 1. The van der Waals surface area contributed by atoms with Gasteiger partial charge >= 0.3 is 0 Å². The first-order valence-corrected chi connectivity index (χ1v) is 7.36. The Morgan fingerprint density at radius 2 is 2.17 bits per heavy atom. The predicted molar refractivity (Wildman–Crippen MR) is 75.1 cm³/mol. The van der Waals surface area contributed by atoms with E-state index >= 15 is 0 Å². The smallest absolute Gasteiger partial charge is 0.178 e. The molecule has 0 amide bonds. The SMILES string of the molecule is CCC(CC(OC)c1nc(C(C)=O)cs1)C(C)C. The van der Waals surface area contributed by atoms with Crippen molar-refractivity contribution >= 4 is 17.1 Å². The van der Waals surface area contributed by atoms with E-state index in [-0.39, 0.29) is 11.9 Å². The summed E-state index contributed by atoms with van der Waals surface area (Å²) in [6.45, 7) is 8.23. The number of thiazole rings is 1. The summed E-state index contributed by atoms with van der Waals surface area (Å²) in [5, 5.41) is 2.74. The van der Waals surface area contributed by atoms with E-state index in [1.54, 1.807) is 14.0 Å². The van der Waals surface area contributed by atoms with E-state index in [2.05, 4.69) is 25.8 Å². The Kier molecular flexibility index (Phi) is 5.96. The van der Waals surface area contributed by atoms with Gasteiger partial charge in [0.2, 0.25) is 0 Å². The molecule has 1 aromatic heterocycles. The zero-order valence-electron chi connectivity index (χ0n) is 11.9. The molecule has 0 bridgehead atoms. The number of ether oxygens (including phenoxy) is 1. The molecular weight excluding hydrogens is 246 g/mol. The van der Waals surface area contributed by atoms with E-state index in [4.69, 9.17) is 4.74 Å². The Morgan fingerprint density at radius 3 is 2.56 bits per heavy atom. The van der Waals surface area contributed by atoms with Gasteiger partial charge in [0.1, 0.15) is 16.8 Å². The standard InChI is InChI=1S/C14H23NO2S/c1-6-11(9(2)3)7-13(17-5)14-15-12(8-18-14)10(4)16/h8-9,11,13H,6-7H2,1-5H3. The van der Waals surface area contributed by atoms with E-state index in [0.717, 1.165) is 17.8 Å². The number of hydrogen-bond donors (Lipinski definition) is 0. The molecule has 0 saturated heterocycles. The second-order valence-electron chi connectivity index (χ2n) is 5.00. The van der Waals surface area contributed by atoms with Gasteiger partial charge in [-0.3, -0.25) is 4.79 Å². The van der Waals surface area contributed by atoms with Crippen LogP contribution in [0.1, 0.15) is 62.1 Å². The van der Waals surface area contributed by atoms with Crippen molar-refractivity contribution in [3.8, 4) is 0 Å². The zero-order valence-corrected chi connectivity index (χ0v) is 12.7. The number of hydrogen-bond acceptors (Lipinski definition) is 4. The van der Waals surface area contributed by atoms with Crippen LogP contribution >= 0.6 is 11.3 Å². The van der Waals surface area contributed by atoms with Gasteiger partial charge in [-0.1, -0.05) is 27.2 Å². The van der Waals surface area contributed by atoms with Crippen LogP contribution in [0, 0.1) is 11.8 Å². The molecule has 0 N–H and O–H groups in total. The zero-order chi connectivity index (χ0) is 13.7. The first kappa shape index (κ1) is 15.3. The highest BCUT2D eigenvalue weighted by Crippen LogP contribution is 2.31. The Bertz CT molecular complexity index is 387. The number of ketones is 1. The first-order valence-electron chi connectivity index (χ1n) is 6.48. The van der Waals surface area contributed by atoms with Gasteiger partial charge in [0.25, 0.3) is 0 Å². The quantitative estimate of drug-likeness (QED) is 0.699. The van der Waals surface area contributed by atoms with Gasteiger partial charge in [-0.2, -0.15) is 0 Å². The largest absolute Gasteiger partial charge is 0.374 e. The summed E-state index contributed by atoms with van der Waals surface area (Å²) in [6.07, 6.45) is 2.12. The summed E-state index contributed by atoms with van der Waals surface area (Å²) in [5.74, 6) is 1.28. The van der Waals surface area contributed by atoms with E-state index < -0.39 is 0 Å². The summed E-state index contributed by atoms with van der Waals surface area (Å²) in [5.41, 5.74) is 0.551. The third-order valence-electron chi connectivity index (χ3n) is 3.43. The van der Waals surface area contributed by atoms with Gasteiger partial charge in [0.15, 0.2) is 5.78 Å². The minimum absolute atomic E-state index is 0.00968. The Hall–Kier alpha value is -0.740. The van der Waals surface area contributed by atoms with Crippen LogP contribution in [0.25, 0.3) is 0 Å². The molecule has 18 heavy (non-hydrogen) atoms. The third-order valence-corrected chi connectivity index (χ3v) is 4.36. The van der Waals surface area contributed by atoms with E-state index in [1.807, 2.05) is 5.38 Å². The molecule has 0 aliphatic heterocycles. The lowest BCUT2D eigenvalue weighted by atomic mass is 9.88. The second kappa shape index (κ2) is 7.00. The predicted octanol–water partition coefficient (Wildman–Crippen LogP) is 4.11. The fourth-order valence-electron chi connectivity index (χ4n) is 2.08. The van der Waals surface area contributed by atoms with E-state index in [1.165, 1.54) is 11.3 Å². The average Bonchev–Trinajstić information content (AvgIpc) is 2.79. The van der Waals surface area contributed by atoms with Crippen LogP contribution in [0.5, 0.6) is 0 Å². The van der Waals surface area contributed by atoms with Crippen molar-refractivity contribution in [2.45, 2.75) is 46.6 Å². The summed E-state index contributed by atoms with van der Waals surface area (Å²) < 4.78 is 5.55. The number of rotatable bonds is 7. The highest BCUT2D eigenvalue weighted by molar-refractivity contribution is 7.09. The van der Waals surface area contributed by atoms with E-state index in [0.29, 0.717) is 17.5 Å². The highest BCUT2D eigenvalue weighted by Gasteiger charge is 2.22. The summed E-state index contributed by atoms with van der Waals surface area (Å²) in [7, 11) is 1.71. The Balaban J connectivity index is 2.78. The Morgan fingerprint density at radius 1 is 1.50 bits per heavy atom. The molecule has 0 fully saturated rings. The van der Waals surface area contributed by atoms with Crippen molar-refractivity contribution in [1.82, 2.24) is 4.98 Å². The maximum atomic E-state index is 11.3. The van der Waals surface area contributed by atoms with Crippen molar-refractivity contribution in [2.24, 2.45) is 11.8 Å². The summed E-state index contributed by atoms with van der Waals surface area (Å²) in [4.78, 5) is 15.6. The highest BCUT2D eigenvalue weighted by atomic mass is 32.1. The molecule has 102 valence electrons. The molecule has 0 saturated carbocycles. The molecule has 0 aliphatic rings. The normalized spacial score (nSPS) is 14.8. The van der Waals surface area contributed by atoms with Crippen LogP contribution in [0.3, 0.4) is 0 Å². The van der Waals surface area contributed by atoms with Gasteiger partial charge in [-0.25, -0.2) is 4.98 Å². The van der Waals surface area contributed by atoms with Gasteiger partial charge in [0.05, 0.1) is 0 Å². The van der Waals surface area contributed by atoms with Crippen LogP contribution < -0.4 is 0 Å². The van der Waals surface area contributed by atoms with Gasteiger partial charge < -0.3 is 4.74 Å². The second-order valence-corrected chi connectivity index (χ2v) is 5.89. The molecule has 1 heterocycles. The molecular formula is C14H23NO2S. The summed E-state index contributed by atoms with van der Waals surface area (Å²) >= 11 is 1.52. The maximum Gasteiger partial charge on any atom is 0.178 e. The van der Waals surface area contributed by atoms with Crippen LogP contribution in [0.4, 0.5) is 0 Å². The maximum absolute atomic E-state index is 11.3. The molecule has 4 heteroatoms. The van der Waals surface area contributed by atoms with Crippen LogP contribution in [-0.4, -0.2) is 17.9 Å². The monoisotopic (exact) mass is 269 g/mol. The average molecular weight is 269 g/mol. The fourth-order valence-corrected chi connectivity index (χ4v) is 3.03. The van der Waals surface area contributed by atoms with Gasteiger partial charge in [-0.15, -0.1) is 11.3 Å². The number of nitrogens with zero attached hydrogens (tertiary/aromatic N) is 1. The third kappa shape index (κ3) is 3.89. The molecule has 1 rings (SSSR count). The van der Waals surface area contributed by atoms with Crippen molar-refractivity contribution < 1.29 is 9.53 Å². The van der Waals surface area contributed by atoms with Crippen LogP contribution in [0.2, 0.25) is 0 Å². The number of Topliss-reactive ketones (excluding diaryl/α,β-unsaturated/α-hetero) is 1. The van der Waals surface area contributed by atoms with Crippen molar-refractivity contribution in [2.75, 3.05) is 7.11 Å². The topological polar surface area (TPSA) is 39.2 Å².